The minimum Gasteiger partial charge on any atom is -0.480 e. The second-order valence-electron chi connectivity index (χ2n) is 9.82. The Morgan fingerprint density at radius 3 is 2.62 bits per heavy atom. The molecule has 2 saturated carbocycles. The molecule has 4 heteroatoms. The second kappa shape index (κ2) is 6.69. The van der Waals surface area contributed by atoms with E-state index in [2.05, 4.69) is 39.1 Å². The highest BCUT2D eigenvalue weighted by molar-refractivity contribution is 5.86. The van der Waals surface area contributed by atoms with Gasteiger partial charge in [0.1, 0.15) is 6.54 Å². The third kappa shape index (κ3) is 3.10. The van der Waals surface area contributed by atoms with Crippen LogP contribution in [0.15, 0.2) is 11.6 Å². The van der Waals surface area contributed by atoms with E-state index in [1.54, 1.807) is 5.57 Å². The summed E-state index contributed by atoms with van der Waals surface area (Å²) in [6, 6.07) is 0. The van der Waals surface area contributed by atoms with Crippen molar-refractivity contribution < 1.29 is 14.7 Å². The first-order valence-electron chi connectivity index (χ1n) is 10.4. The summed E-state index contributed by atoms with van der Waals surface area (Å²) in [5.74, 6) is -0.0624. The van der Waals surface area contributed by atoms with Crippen molar-refractivity contribution in [2.45, 2.75) is 79.1 Å². The van der Waals surface area contributed by atoms with Gasteiger partial charge in [-0.3, -0.25) is 9.59 Å². The lowest BCUT2D eigenvalue weighted by molar-refractivity contribution is -0.146. The number of hydrogen-bond acceptors (Lipinski definition) is 2. The van der Waals surface area contributed by atoms with Crippen molar-refractivity contribution in [2.75, 3.05) is 6.54 Å². The number of hydrogen-bond donors (Lipinski definition) is 2. The third-order valence-corrected chi connectivity index (χ3v) is 8.16. The van der Waals surface area contributed by atoms with Gasteiger partial charge >= 0.3 is 5.97 Å². The van der Waals surface area contributed by atoms with E-state index in [1.807, 2.05) is 0 Å². The lowest BCUT2D eigenvalue weighted by atomic mass is 9.46. The third-order valence-electron chi connectivity index (χ3n) is 8.16. The van der Waals surface area contributed by atoms with E-state index in [1.165, 1.54) is 19.3 Å². The molecule has 0 aromatic carbocycles. The van der Waals surface area contributed by atoms with Crippen LogP contribution in [-0.2, 0) is 9.59 Å². The first-order chi connectivity index (χ1) is 12.1. The average molecular weight is 362 g/mol. The van der Waals surface area contributed by atoms with Crippen molar-refractivity contribution in [2.24, 2.45) is 28.1 Å². The van der Waals surface area contributed by atoms with E-state index in [-0.39, 0.29) is 17.9 Å². The fourth-order valence-electron chi connectivity index (χ4n) is 6.41. The number of aliphatic carboxylic acids is 1. The summed E-state index contributed by atoms with van der Waals surface area (Å²) < 4.78 is 0. The molecule has 0 radical (unpaired) electrons. The van der Waals surface area contributed by atoms with Gasteiger partial charge in [0.2, 0.25) is 5.91 Å². The topological polar surface area (TPSA) is 66.4 Å². The lowest BCUT2D eigenvalue weighted by Crippen LogP contribution is -2.55. The molecule has 3 aliphatic carbocycles. The zero-order chi connectivity index (χ0) is 19.2. The zero-order valence-electron chi connectivity index (χ0n) is 16.9. The molecule has 4 nitrogen and oxygen atoms in total. The summed E-state index contributed by atoms with van der Waals surface area (Å²) in [4.78, 5) is 23.8. The van der Waals surface area contributed by atoms with E-state index in [0.717, 1.165) is 32.1 Å². The Labute approximate surface area is 157 Å². The molecule has 0 aromatic heterocycles. The van der Waals surface area contributed by atoms with Gasteiger partial charge in [-0.25, -0.2) is 0 Å². The summed E-state index contributed by atoms with van der Waals surface area (Å²) in [5.41, 5.74) is 1.66. The van der Waals surface area contributed by atoms with E-state index in [9.17, 15) is 9.59 Å². The van der Waals surface area contributed by atoms with Crippen LogP contribution < -0.4 is 5.32 Å². The Morgan fingerprint density at radius 1 is 1.23 bits per heavy atom. The largest absolute Gasteiger partial charge is 0.480 e. The quantitative estimate of drug-likeness (QED) is 0.722. The zero-order valence-corrected chi connectivity index (χ0v) is 16.9. The monoisotopic (exact) mass is 361 g/mol. The molecule has 0 bridgehead atoms. The maximum Gasteiger partial charge on any atom is 0.322 e. The smallest absolute Gasteiger partial charge is 0.322 e. The Hall–Kier alpha value is -1.32. The molecule has 0 saturated heterocycles. The number of nitrogens with one attached hydrogen (secondary N) is 1. The van der Waals surface area contributed by atoms with Crippen LogP contribution >= 0.6 is 0 Å². The average Bonchev–Trinajstić information content (AvgIpc) is 2.59. The summed E-state index contributed by atoms with van der Waals surface area (Å²) in [5, 5.41) is 11.6. The van der Waals surface area contributed by atoms with Gasteiger partial charge in [0.25, 0.3) is 0 Å². The van der Waals surface area contributed by atoms with Crippen molar-refractivity contribution in [3.8, 4) is 0 Å². The van der Waals surface area contributed by atoms with Crippen molar-refractivity contribution >= 4 is 11.9 Å². The van der Waals surface area contributed by atoms with Gasteiger partial charge in [-0.15, -0.1) is 0 Å². The molecule has 146 valence electrons. The summed E-state index contributed by atoms with van der Waals surface area (Å²) in [6.45, 7) is 8.89. The standard InChI is InChI=1S/C22H35NO3/c1-5-20(2)12-9-16-15(13-20)7-8-17-21(16,3)10-6-11-22(17,4)19(26)23-14-18(24)25/h9,15,17H,5-8,10-14H2,1-4H3,(H,23,26)(H,24,25)/t15?,17?,20-,21-,22+/m0/s1. The minimum atomic E-state index is -0.974. The Bertz CT molecular complexity index is 627. The van der Waals surface area contributed by atoms with E-state index in [4.69, 9.17) is 5.11 Å². The lowest BCUT2D eigenvalue weighted by Gasteiger charge is -2.58. The first-order valence-corrected chi connectivity index (χ1v) is 10.4. The van der Waals surface area contributed by atoms with Gasteiger partial charge in [-0.05, 0) is 61.2 Å². The summed E-state index contributed by atoms with van der Waals surface area (Å²) >= 11 is 0. The molecule has 3 rings (SSSR count). The van der Waals surface area contributed by atoms with Crippen LogP contribution in [0.1, 0.15) is 79.1 Å². The van der Waals surface area contributed by atoms with Gasteiger partial charge in [0, 0.05) is 0 Å². The van der Waals surface area contributed by atoms with Crippen molar-refractivity contribution in [1.29, 1.82) is 0 Å². The number of fused-ring (bicyclic) bond motifs is 3. The molecule has 0 aliphatic heterocycles. The number of amides is 1. The van der Waals surface area contributed by atoms with Crippen LogP contribution in [0.2, 0.25) is 0 Å². The fourth-order valence-corrected chi connectivity index (χ4v) is 6.41. The Morgan fingerprint density at radius 2 is 1.96 bits per heavy atom. The minimum absolute atomic E-state index is 0.0657. The molecule has 0 aromatic rings. The van der Waals surface area contributed by atoms with Crippen LogP contribution in [0.4, 0.5) is 0 Å². The predicted molar refractivity (Wildman–Crippen MR) is 103 cm³/mol. The highest BCUT2D eigenvalue weighted by Crippen LogP contribution is 2.63. The molecule has 1 amide bonds. The van der Waals surface area contributed by atoms with Crippen molar-refractivity contribution in [3.63, 3.8) is 0 Å². The molecule has 2 N–H and O–H groups in total. The van der Waals surface area contributed by atoms with Crippen molar-refractivity contribution in [3.05, 3.63) is 11.6 Å². The summed E-state index contributed by atoms with van der Waals surface area (Å²) in [6.07, 6.45) is 11.5. The Kier molecular flexibility index (Phi) is 5.00. The van der Waals surface area contributed by atoms with Crippen LogP contribution in [-0.4, -0.2) is 23.5 Å². The molecular formula is C22H35NO3. The molecule has 5 atom stereocenters. The number of rotatable bonds is 4. The molecule has 0 heterocycles. The molecule has 0 spiro atoms. The first kappa shape index (κ1) is 19.4. The molecule has 2 unspecified atom stereocenters. The molecule has 3 aliphatic rings. The van der Waals surface area contributed by atoms with Crippen LogP contribution in [0.25, 0.3) is 0 Å². The van der Waals surface area contributed by atoms with Gasteiger partial charge < -0.3 is 10.4 Å². The number of carbonyl (C=O) groups is 2. The van der Waals surface area contributed by atoms with Crippen LogP contribution in [0.5, 0.6) is 0 Å². The van der Waals surface area contributed by atoms with Crippen LogP contribution in [0, 0.1) is 28.1 Å². The molecule has 2 fully saturated rings. The van der Waals surface area contributed by atoms with Crippen molar-refractivity contribution in [1.82, 2.24) is 5.32 Å². The normalized spacial score (nSPS) is 42.2. The Balaban J connectivity index is 1.88. The van der Waals surface area contributed by atoms with E-state index >= 15 is 0 Å². The predicted octanol–water partition coefficient (Wildman–Crippen LogP) is 4.55. The highest BCUT2D eigenvalue weighted by atomic mass is 16.4. The fraction of sp³-hybridized carbons (Fsp3) is 0.818. The van der Waals surface area contributed by atoms with Gasteiger partial charge in [-0.1, -0.05) is 52.2 Å². The maximum atomic E-state index is 12.9. The van der Waals surface area contributed by atoms with Gasteiger partial charge in [0.05, 0.1) is 5.41 Å². The SMILES string of the molecule is CC[C@@]1(C)CC=C2C(CCC3[C@](C)(C(=O)NCC(=O)O)CCC[C@@]23C)C1. The molecule has 26 heavy (non-hydrogen) atoms. The number of carbonyl (C=O) groups excluding carboxylic acids is 1. The highest BCUT2D eigenvalue weighted by Gasteiger charge is 2.57. The van der Waals surface area contributed by atoms with E-state index < -0.39 is 11.4 Å². The molecular weight excluding hydrogens is 326 g/mol. The summed E-state index contributed by atoms with van der Waals surface area (Å²) in [7, 11) is 0. The van der Waals surface area contributed by atoms with E-state index in [0.29, 0.717) is 17.3 Å². The number of allylic oxidation sites excluding steroid dienone is 2. The maximum absolute atomic E-state index is 12.9. The number of carboxylic acid groups (broad SMARTS) is 1. The van der Waals surface area contributed by atoms with Gasteiger partial charge in [-0.2, -0.15) is 0 Å². The second-order valence-corrected chi connectivity index (χ2v) is 9.82. The number of carboxylic acids is 1. The van der Waals surface area contributed by atoms with Crippen LogP contribution in [0.3, 0.4) is 0 Å². The van der Waals surface area contributed by atoms with Gasteiger partial charge in [0.15, 0.2) is 0 Å².